The molecule has 3 rings (SSSR count). The molecule has 7 nitrogen and oxygen atoms in total. The Labute approximate surface area is 151 Å². The smallest absolute Gasteiger partial charge is 0.220 e. The average Bonchev–Trinajstić information content (AvgIpc) is 2.65. The molecule has 2 aromatic carbocycles. The summed E-state index contributed by atoms with van der Waals surface area (Å²) < 4.78 is 10.8. The molecule has 138 valence electrons. The number of quaternary nitrogens is 1. The molecule has 2 aromatic rings. The summed E-state index contributed by atoms with van der Waals surface area (Å²) >= 11 is 0. The van der Waals surface area contributed by atoms with Gasteiger partial charge in [-0.15, -0.1) is 0 Å². The fourth-order valence-corrected chi connectivity index (χ4v) is 3.45. The molecule has 2 unspecified atom stereocenters. The first-order chi connectivity index (χ1) is 12.5. The molecular formula is C19H22N2O5. The van der Waals surface area contributed by atoms with Crippen LogP contribution in [-0.4, -0.2) is 36.8 Å². The van der Waals surface area contributed by atoms with E-state index in [2.05, 4.69) is 0 Å². The number of hydrogen-bond acceptors (Lipinski definition) is 5. The van der Waals surface area contributed by atoms with Crippen LogP contribution in [0.3, 0.4) is 0 Å². The maximum absolute atomic E-state index is 12.2. The van der Waals surface area contributed by atoms with Crippen molar-refractivity contribution in [1.29, 1.82) is 0 Å². The summed E-state index contributed by atoms with van der Waals surface area (Å²) in [4.78, 5) is 14.0. The van der Waals surface area contributed by atoms with Gasteiger partial charge < -0.3 is 19.6 Å². The van der Waals surface area contributed by atoms with Gasteiger partial charge in [-0.3, -0.25) is 4.79 Å². The van der Waals surface area contributed by atoms with E-state index in [1.54, 1.807) is 50.3 Å². The van der Waals surface area contributed by atoms with Gasteiger partial charge in [0.15, 0.2) is 17.2 Å². The van der Waals surface area contributed by atoms with Crippen molar-refractivity contribution >= 4 is 11.6 Å². The van der Waals surface area contributed by atoms with E-state index in [-0.39, 0.29) is 17.6 Å². The van der Waals surface area contributed by atoms with Crippen LogP contribution in [0.1, 0.15) is 29.7 Å². The van der Waals surface area contributed by atoms with E-state index in [9.17, 15) is 10.0 Å². The van der Waals surface area contributed by atoms with Gasteiger partial charge in [-0.2, -0.15) is 5.23 Å². The molecule has 0 aromatic heterocycles. The van der Waals surface area contributed by atoms with Crippen LogP contribution in [0.15, 0.2) is 36.4 Å². The molecule has 0 bridgehead atoms. The number of nitrogens with zero attached hydrogens (tertiary/aromatic N) is 1. The second-order valence-corrected chi connectivity index (χ2v) is 6.20. The molecule has 0 radical (unpaired) electrons. The van der Waals surface area contributed by atoms with Crippen LogP contribution in [0, 0.1) is 5.21 Å². The van der Waals surface area contributed by atoms with E-state index < -0.39 is 5.23 Å². The third kappa shape index (κ3) is 3.24. The monoisotopic (exact) mass is 358 g/mol. The van der Waals surface area contributed by atoms with E-state index in [4.69, 9.17) is 14.7 Å². The molecule has 0 fully saturated rings. The minimum absolute atomic E-state index is 0.0299. The Morgan fingerprint density at radius 1 is 1.19 bits per heavy atom. The van der Waals surface area contributed by atoms with E-state index >= 15 is 0 Å². The van der Waals surface area contributed by atoms with Gasteiger partial charge in [0.1, 0.15) is 0 Å². The summed E-state index contributed by atoms with van der Waals surface area (Å²) in [5.74, 6) is 1.23. The molecule has 1 amide bonds. The van der Waals surface area contributed by atoms with Crippen molar-refractivity contribution in [3.63, 3.8) is 0 Å². The van der Waals surface area contributed by atoms with Gasteiger partial charge in [0.25, 0.3) is 0 Å². The first-order valence-corrected chi connectivity index (χ1v) is 8.31. The Hall–Kier alpha value is -2.61. The van der Waals surface area contributed by atoms with Gasteiger partial charge in [0, 0.05) is 25.6 Å². The molecule has 1 heterocycles. The molecule has 1 aliphatic rings. The van der Waals surface area contributed by atoms with Crippen LogP contribution in [0.5, 0.6) is 11.5 Å². The highest BCUT2D eigenvalue weighted by atomic mass is 16.8. The van der Waals surface area contributed by atoms with Crippen molar-refractivity contribution in [2.24, 2.45) is 0 Å². The summed E-state index contributed by atoms with van der Waals surface area (Å²) in [5.41, 5.74) is 3.13. The number of rotatable bonds is 4. The van der Waals surface area contributed by atoms with Crippen LogP contribution >= 0.6 is 0 Å². The molecule has 26 heavy (non-hydrogen) atoms. The quantitative estimate of drug-likeness (QED) is 0.811. The minimum Gasteiger partial charge on any atom is -0.595 e. The summed E-state index contributed by atoms with van der Waals surface area (Å²) in [6, 6.07) is 10.2. The maximum Gasteiger partial charge on any atom is 0.220 e. The summed E-state index contributed by atoms with van der Waals surface area (Å²) in [6.45, 7) is 2.13. The summed E-state index contributed by atoms with van der Waals surface area (Å²) in [7, 11) is 3.17. The zero-order valence-corrected chi connectivity index (χ0v) is 15.0. The van der Waals surface area contributed by atoms with Gasteiger partial charge in [-0.25, -0.2) is 5.21 Å². The normalized spacial score (nSPS) is 17.4. The number of methoxy groups -OCH3 is 2. The zero-order valence-electron chi connectivity index (χ0n) is 15.0. The van der Waals surface area contributed by atoms with Crippen LogP contribution in [-0.2, 0) is 11.2 Å². The number of amides is 1. The van der Waals surface area contributed by atoms with E-state index in [0.717, 1.165) is 23.1 Å². The second-order valence-electron chi connectivity index (χ2n) is 6.20. The lowest BCUT2D eigenvalue weighted by atomic mass is 9.87. The second kappa shape index (κ2) is 7.33. The fraction of sp³-hybridized carbons (Fsp3) is 0.316. The van der Waals surface area contributed by atoms with Gasteiger partial charge in [0.2, 0.25) is 5.91 Å². The van der Waals surface area contributed by atoms with Gasteiger partial charge in [-0.1, -0.05) is 12.1 Å². The lowest BCUT2D eigenvalue weighted by Gasteiger charge is -2.37. The van der Waals surface area contributed by atoms with E-state index in [0.29, 0.717) is 18.0 Å². The molecule has 0 saturated carbocycles. The summed E-state index contributed by atoms with van der Waals surface area (Å²) in [6.07, 6.45) is 0.721. The summed E-state index contributed by atoms with van der Waals surface area (Å²) in [5, 5.41) is 19.3. The van der Waals surface area contributed by atoms with Crippen LogP contribution in [0.2, 0.25) is 0 Å². The lowest BCUT2D eigenvalue weighted by Crippen LogP contribution is -2.99. The third-order valence-electron chi connectivity index (χ3n) is 4.75. The Bertz CT molecular complexity index is 804. The van der Waals surface area contributed by atoms with Crippen molar-refractivity contribution < 1.29 is 24.7 Å². The minimum atomic E-state index is -0.976. The highest BCUT2D eigenvalue weighted by molar-refractivity contribution is 5.75. The molecule has 0 saturated heterocycles. The topological polar surface area (TPSA) is 86.5 Å². The van der Waals surface area contributed by atoms with Crippen LogP contribution in [0.4, 0.5) is 5.69 Å². The lowest BCUT2D eigenvalue weighted by molar-refractivity contribution is -0.991. The molecule has 2 atom stereocenters. The molecule has 1 aliphatic heterocycles. The number of carbonyl (C=O) groups is 1. The van der Waals surface area contributed by atoms with E-state index in [1.165, 1.54) is 0 Å². The number of benzene rings is 2. The van der Waals surface area contributed by atoms with Crippen molar-refractivity contribution in [3.05, 3.63) is 58.3 Å². The Kier molecular flexibility index (Phi) is 5.13. The molecule has 7 heteroatoms. The predicted molar refractivity (Wildman–Crippen MR) is 94.7 cm³/mol. The standard InChI is InChI=1S/C19H22N2O5/c1-12(22)20-9-8-14-10-17(25-2)18(26-3)11-16(14)19(20)13-4-6-15(7-5-13)21(23)24/h4-7,10-11,19,21,23H,8-9H2,1-3H3. The van der Waals surface area contributed by atoms with Crippen LogP contribution < -0.4 is 14.7 Å². The molecule has 2 N–H and O–H groups in total. The van der Waals surface area contributed by atoms with Crippen LogP contribution in [0.25, 0.3) is 0 Å². The number of nitrogens with one attached hydrogen (secondary N) is 1. The predicted octanol–water partition coefficient (Wildman–Crippen LogP) is 1.60. The maximum atomic E-state index is 12.2. The first kappa shape index (κ1) is 18.2. The first-order valence-electron chi connectivity index (χ1n) is 8.31. The molecular weight excluding hydrogens is 336 g/mol. The molecule has 0 aliphatic carbocycles. The highest BCUT2D eigenvalue weighted by Gasteiger charge is 2.32. The number of hydrogen-bond donors (Lipinski definition) is 2. The van der Waals surface area contributed by atoms with Crippen molar-refractivity contribution in [2.75, 3.05) is 20.8 Å². The Morgan fingerprint density at radius 2 is 1.81 bits per heavy atom. The van der Waals surface area contributed by atoms with Gasteiger partial charge in [-0.05, 0) is 35.2 Å². The van der Waals surface area contributed by atoms with E-state index in [1.807, 2.05) is 12.1 Å². The van der Waals surface area contributed by atoms with Gasteiger partial charge in [0.05, 0.1) is 20.3 Å². The van der Waals surface area contributed by atoms with Crippen molar-refractivity contribution in [1.82, 2.24) is 4.90 Å². The fourth-order valence-electron chi connectivity index (χ4n) is 3.45. The third-order valence-corrected chi connectivity index (χ3v) is 4.75. The molecule has 0 spiro atoms. The number of fused-ring (bicyclic) bond motifs is 1. The zero-order chi connectivity index (χ0) is 18.8. The Morgan fingerprint density at radius 3 is 2.35 bits per heavy atom. The van der Waals surface area contributed by atoms with Crippen molar-refractivity contribution in [3.8, 4) is 11.5 Å². The Balaban J connectivity index is 2.12. The SMILES string of the molecule is COc1cc2c(cc1OC)C(c1ccc([NH+]([O-])O)cc1)N(C(C)=O)CC2. The highest BCUT2D eigenvalue weighted by Crippen LogP contribution is 2.41. The van der Waals surface area contributed by atoms with Crippen molar-refractivity contribution in [2.45, 2.75) is 19.4 Å². The number of carbonyl (C=O) groups excluding carboxylic acids is 1. The van der Waals surface area contributed by atoms with Gasteiger partial charge >= 0.3 is 0 Å². The largest absolute Gasteiger partial charge is 0.595 e. The average molecular weight is 358 g/mol. The number of ether oxygens (including phenoxy) is 2.